The SMILES string of the molecule is CCCOc1ccc(-c2nc3ccc(F)cn3c2CC#N)cc1. The summed E-state index contributed by atoms with van der Waals surface area (Å²) in [5.74, 6) is 0.441. The number of nitriles is 1. The molecule has 116 valence electrons. The van der Waals surface area contributed by atoms with Crippen LogP contribution in [0.4, 0.5) is 4.39 Å². The fourth-order valence-electron chi connectivity index (χ4n) is 2.47. The van der Waals surface area contributed by atoms with E-state index in [2.05, 4.69) is 18.0 Å². The zero-order valence-electron chi connectivity index (χ0n) is 12.8. The van der Waals surface area contributed by atoms with Crippen LogP contribution in [0.2, 0.25) is 0 Å². The van der Waals surface area contributed by atoms with Gasteiger partial charge in [-0.3, -0.25) is 4.40 Å². The number of rotatable bonds is 5. The molecule has 23 heavy (non-hydrogen) atoms. The van der Waals surface area contributed by atoms with Gasteiger partial charge in [0.15, 0.2) is 0 Å². The van der Waals surface area contributed by atoms with Crippen molar-refractivity contribution >= 4 is 5.65 Å². The van der Waals surface area contributed by atoms with Crippen LogP contribution in [0.15, 0.2) is 42.6 Å². The Hall–Kier alpha value is -2.87. The van der Waals surface area contributed by atoms with E-state index in [0.717, 1.165) is 17.7 Å². The van der Waals surface area contributed by atoms with Gasteiger partial charge in [-0.2, -0.15) is 5.26 Å². The standard InChI is InChI=1S/C18H16FN3O/c1-2-11-23-15-6-3-13(4-7-15)18-16(9-10-20)22-12-14(19)5-8-17(22)21-18/h3-8,12H,2,9,11H2,1H3. The molecule has 0 aliphatic rings. The monoisotopic (exact) mass is 309 g/mol. The molecule has 0 aliphatic carbocycles. The molecule has 1 aromatic carbocycles. The maximum Gasteiger partial charge on any atom is 0.139 e. The van der Waals surface area contributed by atoms with E-state index in [9.17, 15) is 4.39 Å². The fourth-order valence-corrected chi connectivity index (χ4v) is 2.47. The zero-order valence-corrected chi connectivity index (χ0v) is 12.8. The number of ether oxygens (including phenoxy) is 1. The van der Waals surface area contributed by atoms with E-state index in [0.29, 0.717) is 23.6 Å². The Bertz CT molecular complexity index is 862. The van der Waals surface area contributed by atoms with Crippen molar-refractivity contribution in [1.29, 1.82) is 5.26 Å². The lowest BCUT2D eigenvalue weighted by atomic mass is 10.1. The van der Waals surface area contributed by atoms with Crippen molar-refractivity contribution < 1.29 is 9.13 Å². The predicted molar refractivity (Wildman–Crippen MR) is 85.7 cm³/mol. The highest BCUT2D eigenvalue weighted by Gasteiger charge is 2.14. The molecule has 0 radical (unpaired) electrons. The summed E-state index contributed by atoms with van der Waals surface area (Å²) in [6.07, 6.45) is 2.47. The van der Waals surface area contributed by atoms with Crippen LogP contribution in [-0.4, -0.2) is 16.0 Å². The third-order valence-corrected chi connectivity index (χ3v) is 3.53. The minimum atomic E-state index is -0.357. The van der Waals surface area contributed by atoms with Gasteiger partial charge in [-0.05, 0) is 42.8 Å². The van der Waals surface area contributed by atoms with Crippen molar-refractivity contribution in [2.75, 3.05) is 6.61 Å². The first-order valence-corrected chi connectivity index (χ1v) is 7.49. The summed E-state index contributed by atoms with van der Waals surface area (Å²) >= 11 is 0. The summed E-state index contributed by atoms with van der Waals surface area (Å²) in [6, 6.07) is 12.7. The van der Waals surface area contributed by atoms with Crippen molar-refractivity contribution in [2.45, 2.75) is 19.8 Å². The summed E-state index contributed by atoms with van der Waals surface area (Å²) in [6.45, 7) is 2.73. The van der Waals surface area contributed by atoms with Gasteiger partial charge in [-0.15, -0.1) is 0 Å². The summed E-state index contributed by atoms with van der Waals surface area (Å²) in [4.78, 5) is 4.54. The number of nitrogens with zero attached hydrogens (tertiary/aromatic N) is 3. The lowest BCUT2D eigenvalue weighted by molar-refractivity contribution is 0.317. The molecular formula is C18H16FN3O. The van der Waals surface area contributed by atoms with Gasteiger partial charge in [-0.1, -0.05) is 6.92 Å². The van der Waals surface area contributed by atoms with E-state index in [1.54, 1.807) is 10.5 Å². The smallest absolute Gasteiger partial charge is 0.139 e. The number of pyridine rings is 1. The normalized spacial score (nSPS) is 10.7. The van der Waals surface area contributed by atoms with Crippen LogP contribution in [0.5, 0.6) is 5.75 Å². The first-order chi connectivity index (χ1) is 11.2. The maximum atomic E-state index is 13.5. The zero-order chi connectivity index (χ0) is 16.2. The second-order valence-electron chi connectivity index (χ2n) is 5.19. The summed E-state index contributed by atoms with van der Waals surface area (Å²) in [5, 5.41) is 9.07. The highest BCUT2D eigenvalue weighted by atomic mass is 19.1. The molecule has 4 nitrogen and oxygen atoms in total. The highest BCUT2D eigenvalue weighted by molar-refractivity contribution is 5.67. The van der Waals surface area contributed by atoms with Gasteiger partial charge in [0.25, 0.3) is 0 Å². The second kappa shape index (κ2) is 6.49. The molecule has 0 aliphatic heterocycles. The number of imidazole rings is 1. The number of hydrogen-bond donors (Lipinski definition) is 0. The predicted octanol–water partition coefficient (Wildman–Crippen LogP) is 4.00. The van der Waals surface area contributed by atoms with Crippen molar-refractivity contribution in [3.05, 3.63) is 54.1 Å². The van der Waals surface area contributed by atoms with E-state index < -0.39 is 0 Å². The molecule has 0 unspecified atom stereocenters. The Morgan fingerprint density at radius 2 is 2.00 bits per heavy atom. The molecule has 0 fully saturated rings. The number of fused-ring (bicyclic) bond motifs is 1. The molecule has 0 N–H and O–H groups in total. The lowest BCUT2D eigenvalue weighted by Gasteiger charge is -2.06. The minimum Gasteiger partial charge on any atom is -0.494 e. The van der Waals surface area contributed by atoms with Crippen molar-refractivity contribution in [1.82, 2.24) is 9.38 Å². The first kappa shape index (κ1) is 15.0. The average molecular weight is 309 g/mol. The highest BCUT2D eigenvalue weighted by Crippen LogP contribution is 2.27. The van der Waals surface area contributed by atoms with Gasteiger partial charge in [0.2, 0.25) is 0 Å². The Labute approximate surface area is 133 Å². The number of benzene rings is 1. The lowest BCUT2D eigenvalue weighted by Crippen LogP contribution is -1.96. The Kier molecular flexibility index (Phi) is 4.24. The minimum absolute atomic E-state index is 0.161. The Morgan fingerprint density at radius 3 is 2.70 bits per heavy atom. The molecule has 5 heteroatoms. The number of hydrogen-bond acceptors (Lipinski definition) is 3. The fraction of sp³-hybridized carbons (Fsp3) is 0.222. The molecular weight excluding hydrogens is 293 g/mol. The van der Waals surface area contributed by atoms with Gasteiger partial charge in [0, 0.05) is 11.8 Å². The van der Waals surface area contributed by atoms with Gasteiger partial charge < -0.3 is 4.74 Å². The van der Waals surface area contributed by atoms with Gasteiger partial charge in [0.05, 0.1) is 30.5 Å². The maximum absolute atomic E-state index is 13.5. The molecule has 2 aromatic heterocycles. The van der Waals surface area contributed by atoms with Crippen LogP contribution in [0.3, 0.4) is 0 Å². The van der Waals surface area contributed by atoms with Crippen LogP contribution in [-0.2, 0) is 6.42 Å². The Balaban J connectivity index is 2.04. The van der Waals surface area contributed by atoms with E-state index in [1.807, 2.05) is 24.3 Å². The van der Waals surface area contributed by atoms with E-state index in [1.165, 1.54) is 12.3 Å². The quantitative estimate of drug-likeness (QED) is 0.716. The molecule has 3 aromatic rings. The van der Waals surface area contributed by atoms with Gasteiger partial charge in [-0.25, -0.2) is 9.37 Å². The molecule has 2 heterocycles. The van der Waals surface area contributed by atoms with Crippen molar-refractivity contribution in [2.24, 2.45) is 0 Å². The first-order valence-electron chi connectivity index (χ1n) is 7.49. The summed E-state index contributed by atoms with van der Waals surface area (Å²) in [5.41, 5.74) is 2.88. The van der Waals surface area contributed by atoms with Crippen molar-refractivity contribution in [3.8, 4) is 23.1 Å². The number of halogens is 1. The third-order valence-electron chi connectivity index (χ3n) is 3.53. The molecule has 0 amide bonds. The van der Waals surface area contributed by atoms with E-state index >= 15 is 0 Å². The second-order valence-corrected chi connectivity index (χ2v) is 5.19. The van der Waals surface area contributed by atoms with Crippen LogP contribution >= 0.6 is 0 Å². The summed E-state index contributed by atoms with van der Waals surface area (Å²) in [7, 11) is 0. The van der Waals surface area contributed by atoms with Crippen molar-refractivity contribution in [3.63, 3.8) is 0 Å². The molecule has 0 saturated carbocycles. The van der Waals surface area contributed by atoms with Crippen LogP contribution in [0, 0.1) is 17.1 Å². The van der Waals surface area contributed by atoms with Crippen LogP contribution < -0.4 is 4.74 Å². The summed E-state index contributed by atoms with van der Waals surface area (Å²) < 4.78 is 20.7. The van der Waals surface area contributed by atoms with Gasteiger partial charge >= 0.3 is 0 Å². The van der Waals surface area contributed by atoms with Crippen LogP contribution in [0.25, 0.3) is 16.9 Å². The number of aromatic nitrogens is 2. The van der Waals surface area contributed by atoms with E-state index in [-0.39, 0.29) is 12.2 Å². The molecule has 0 atom stereocenters. The molecule has 0 saturated heterocycles. The topological polar surface area (TPSA) is 50.3 Å². The van der Waals surface area contributed by atoms with E-state index in [4.69, 9.17) is 10.00 Å². The average Bonchev–Trinajstić information content (AvgIpc) is 2.92. The molecule has 0 bridgehead atoms. The van der Waals surface area contributed by atoms with Crippen LogP contribution in [0.1, 0.15) is 19.0 Å². The van der Waals surface area contributed by atoms with Gasteiger partial charge in [0.1, 0.15) is 17.2 Å². The largest absolute Gasteiger partial charge is 0.494 e. The molecule has 0 spiro atoms. The third kappa shape index (κ3) is 3.02. The Morgan fingerprint density at radius 1 is 1.22 bits per heavy atom. The molecule has 3 rings (SSSR count).